The van der Waals surface area contributed by atoms with Crippen molar-refractivity contribution in [3.63, 3.8) is 0 Å². The normalized spacial score (nSPS) is 15.5. The first-order valence-electron chi connectivity index (χ1n) is 9.31. The number of allylic oxidation sites excluding steroid dienone is 1. The Labute approximate surface area is 158 Å². The molecule has 2 heterocycles. The van der Waals surface area contributed by atoms with Crippen molar-refractivity contribution in [2.75, 3.05) is 18.0 Å². The average Bonchev–Trinajstić information content (AvgIpc) is 2.72. The third-order valence-electron chi connectivity index (χ3n) is 4.97. The van der Waals surface area contributed by atoms with Gasteiger partial charge in [-0.05, 0) is 37.1 Å². The Morgan fingerprint density at radius 1 is 1.04 bits per heavy atom. The number of aliphatic hydroxyl groups excluding tert-OH is 1. The molecule has 1 aliphatic heterocycles. The van der Waals surface area contributed by atoms with Crippen LogP contribution in [-0.4, -0.2) is 35.1 Å². The fraction of sp³-hybridized carbons (Fsp3) is 0.217. The van der Waals surface area contributed by atoms with Crippen LogP contribution in [0.2, 0.25) is 0 Å². The van der Waals surface area contributed by atoms with Gasteiger partial charge in [0, 0.05) is 29.6 Å². The molecule has 1 N–H and O–H groups in total. The van der Waals surface area contributed by atoms with Gasteiger partial charge in [-0.25, -0.2) is 4.98 Å². The number of fused-ring (bicyclic) bond motifs is 1. The van der Waals surface area contributed by atoms with E-state index in [4.69, 9.17) is 4.98 Å². The summed E-state index contributed by atoms with van der Waals surface area (Å²) in [5.41, 5.74) is 2.53. The van der Waals surface area contributed by atoms with Crippen LogP contribution in [0.25, 0.3) is 17.0 Å². The van der Waals surface area contributed by atoms with Crippen LogP contribution in [0, 0.1) is 0 Å². The van der Waals surface area contributed by atoms with E-state index >= 15 is 0 Å². The average molecular weight is 358 g/mol. The smallest absolute Gasteiger partial charge is 0.185 e. The molecule has 0 spiro atoms. The summed E-state index contributed by atoms with van der Waals surface area (Å²) in [7, 11) is 0. The van der Waals surface area contributed by atoms with Crippen molar-refractivity contribution in [2.24, 2.45) is 0 Å². The molecular weight excluding hydrogens is 336 g/mol. The predicted molar refractivity (Wildman–Crippen MR) is 109 cm³/mol. The molecule has 0 unspecified atom stereocenters. The lowest BCUT2D eigenvalue weighted by atomic mass is 10.0. The van der Waals surface area contributed by atoms with Gasteiger partial charge in [-0.1, -0.05) is 48.5 Å². The van der Waals surface area contributed by atoms with Crippen molar-refractivity contribution >= 4 is 28.6 Å². The van der Waals surface area contributed by atoms with Gasteiger partial charge < -0.3 is 10.0 Å². The molecule has 0 amide bonds. The zero-order valence-electron chi connectivity index (χ0n) is 15.1. The molecule has 4 heteroatoms. The monoisotopic (exact) mass is 358 g/mol. The van der Waals surface area contributed by atoms with Gasteiger partial charge in [0.25, 0.3) is 0 Å². The highest BCUT2D eigenvalue weighted by molar-refractivity contribution is 6.07. The molecule has 27 heavy (non-hydrogen) atoms. The Hall–Kier alpha value is -2.98. The van der Waals surface area contributed by atoms with Gasteiger partial charge in [0.1, 0.15) is 5.82 Å². The number of hydrogen-bond acceptors (Lipinski definition) is 4. The minimum absolute atomic E-state index is 0.0243. The Balaban J connectivity index is 1.70. The zero-order valence-corrected chi connectivity index (χ0v) is 15.1. The van der Waals surface area contributed by atoms with Gasteiger partial charge in [0.05, 0.1) is 11.6 Å². The van der Waals surface area contributed by atoms with Crippen molar-refractivity contribution in [1.29, 1.82) is 0 Å². The third kappa shape index (κ3) is 3.91. The van der Waals surface area contributed by atoms with Crippen LogP contribution in [0.15, 0.2) is 66.7 Å². The van der Waals surface area contributed by atoms with E-state index in [1.54, 1.807) is 6.08 Å². The second-order valence-corrected chi connectivity index (χ2v) is 6.88. The lowest BCUT2D eigenvalue weighted by Crippen LogP contribution is -2.36. The van der Waals surface area contributed by atoms with E-state index in [1.165, 1.54) is 0 Å². The van der Waals surface area contributed by atoms with Crippen LogP contribution >= 0.6 is 0 Å². The summed E-state index contributed by atoms with van der Waals surface area (Å²) in [5, 5.41) is 10.9. The van der Waals surface area contributed by atoms with Gasteiger partial charge in [0.15, 0.2) is 5.78 Å². The van der Waals surface area contributed by atoms with Crippen LogP contribution in [0.3, 0.4) is 0 Å². The number of anilines is 1. The van der Waals surface area contributed by atoms with Crippen molar-refractivity contribution in [3.8, 4) is 0 Å². The van der Waals surface area contributed by atoms with Crippen LogP contribution in [-0.2, 0) is 0 Å². The first-order valence-corrected chi connectivity index (χ1v) is 9.31. The largest absolute Gasteiger partial charge is 0.393 e. The maximum absolute atomic E-state index is 12.5. The summed E-state index contributed by atoms with van der Waals surface area (Å²) >= 11 is 0. The lowest BCUT2D eigenvalue weighted by Gasteiger charge is -2.31. The first-order chi connectivity index (χ1) is 13.2. The minimum Gasteiger partial charge on any atom is -0.393 e. The first kappa shape index (κ1) is 17.4. The van der Waals surface area contributed by atoms with Gasteiger partial charge in [0.2, 0.25) is 0 Å². The number of ketones is 1. The third-order valence-corrected chi connectivity index (χ3v) is 4.97. The zero-order chi connectivity index (χ0) is 18.6. The van der Waals surface area contributed by atoms with Crippen molar-refractivity contribution < 1.29 is 9.90 Å². The Morgan fingerprint density at radius 3 is 2.52 bits per heavy atom. The van der Waals surface area contributed by atoms with Gasteiger partial charge in [-0.2, -0.15) is 0 Å². The summed E-state index contributed by atoms with van der Waals surface area (Å²) in [6, 6.07) is 19.3. The number of carbonyl (C=O) groups excluding carboxylic acids is 1. The Morgan fingerprint density at radius 2 is 1.74 bits per heavy atom. The van der Waals surface area contributed by atoms with E-state index in [2.05, 4.69) is 11.0 Å². The number of nitrogens with zero attached hydrogens (tertiary/aromatic N) is 2. The SMILES string of the molecule is O=C(C=Cc1cc2ccccc2nc1N1CCC(O)CC1)c1ccccc1. The summed E-state index contributed by atoms with van der Waals surface area (Å²) < 4.78 is 0. The molecule has 1 aromatic heterocycles. The molecule has 2 aromatic carbocycles. The number of aliphatic hydroxyl groups is 1. The number of carbonyl (C=O) groups is 1. The highest BCUT2D eigenvalue weighted by atomic mass is 16.3. The minimum atomic E-state index is -0.236. The quantitative estimate of drug-likeness (QED) is 0.564. The number of rotatable bonds is 4. The summed E-state index contributed by atoms with van der Waals surface area (Å²) in [5.74, 6) is 0.849. The molecule has 0 saturated carbocycles. The van der Waals surface area contributed by atoms with Crippen LogP contribution < -0.4 is 4.90 Å². The summed E-state index contributed by atoms with van der Waals surface area (Å²) in [6.07, 6.45) is 4.71. The Bertz CT molecular complexity index is 974. The molecule has 0 bridgehead atoms. The highest BCUT2D eigenvalue weighted by Gasteiger charge is 2.20. The Kier molecular flexibility index (Phi) is 4.99. The molecule has 3 aromatic rings. The molecule has 4 rings (SSSR count). The molecule has 1 aliphatic rings. The number of para-hydroxylation sites is 1. The number of aromatic nitrogens is 1. The fourth-order valence-electron chi connectivity index (χ4n) is 3.44. The topological polar surface area (TPSA) is 53.4 Å². The molecule has 1 fully saturated rings. The predicted octanol–water partition coefficient (Wildman–Crippen LogP) is 4.09. The second kappa shape index (κ2) is 7.72. The fourth-order valence-corrected chi connectivity index (χ4v) is 3.44. The number of pyridine rings is 1. The lowest BCUT2D eigenvalue weighted by molar-refractivity contribution is 0.104. The maximum Gasteiger partial charge on any atom is 0.185 e. The van der Waals surface area contributed by atoms with Crippen molar-refractivity contribution in [2.45, 2.75) is 18.9 Å². The second-order valence-electron chi connectivity index (χ2n) is 6.88. The van der Waals surface area contributed by atoms with Gasteiger partial charge in [-0.3, -0.25) is 4.79 Å². The molecule has 0 atom stereocenters. The maximum atomic E-state index is 12.5. The molecular formula is C23H22N2O2. The summed E-state index contributed by atoms with van der Waals surface area (Å²) in [6.45, 7) is 1.53. The van der Waals surface area contributed by atoms with Gasteiger partial charge in [-0.15, -0.1) is 0 Å². The van der Waals surface area contributed by atoms with Crippen LogP contribution in [0.5, 0.6) is 0 Å². The van der Waals surface area contributed by atoms with Crippen LogP contribution in [0.1, 0.15) is 28.8 Å². The van der Waals surface area contributed by atoms with E-state index in [0.29, 0.717) is 5.56 Å². The highest BCUT2D eigenvalue weighted by Crippen LogP contribution is 2.27. The molecule has 136 valence electrons. The van der Waals surface area contributed by atoms with E-state index < -0.39 is 0 Å². The molecule has 0 radical (unpaired) electrons. The van der Waals surface area contributed by atoms with Gasteiger partial charge >= 0.3 is 0 Å². The number of benzene rings is 2. The van der Waals surface area contributed by atoms with E-state index in [-0.39, 0.29) is 11.9 Å². The van der Waals surface area contributed by atoms with E-state index in [1.807, 2.05) is 60.7 Å². The number of piperidine rings is 1. The number of hydrogen-bond donors (Lipinski definition) is 1. The van der Waals surface area contributed by atoms with Crippen molar-refractivity contribution in [3.05, 3.63) is 77.9 Å². The van der Waals surface area contributed by atoms with E-state index in [9.17, 15) is 9.90 Å². The van der Waals surface area contributed by atoms with Crippen LogP contribution in [0.4, 0.5) is 5.82 Å². The van der Waals surface area contributed by atoms with Crippen molar-refractivity contribution in [1.82, 2.24) is 4.98 Å². The molecule has 1 saturated heterocycles. The molecule has 0 aliphatic carbocycles. The van der Waals surface area contributed by atoms with E-state index in [0.717, 1.165) is 48.2 Å². The standard InChI is InChI=1S/C23H22N2O2/c26-20-12-14-25(15-13-20)23-19(16-18-8-4-5-9-21(18)24-23)10-11-22(27)17-6-2-1-3-7-17/h1-11,16,20,26H,12-15H2. The summed E-state index contributed by atoms with van der Waals surface area (Å²) in [4.78, 5) is 19.5. The molecule has 4 nitrogen and oxygen atoms in total.